The van der Waals surface area contributed by atoms with Gasteiger partial charge in [0.2, 0.25) is 5.91 Å². The number of thiazole rings is 1. The second-order valence-electron chi connectivity index (χ2n) is 9.14. The van der Waals surface area contributed by atoms with E-state index in [1.54, 1.807) is 24.1 Å². The van der Waals surface area contributed by atoms with Crippen molar-refractivity contribution in [1.82, 2.24) is 24.8 Å². The molecule has 0 atom stereocenters. The van der Waals surface area contributed by atoms with Crippen molar-refractivity contribution < 1.29 is 9.59 Å². The molecule has 0 unspecified atom stereocenters. The number of benzene rings is 2. The van der Waals surface area contributed by atoms with E-state index in [1.807, 2.05) is 65.4 Å². The number of hydrogen-bond donors (Lipinski definition) is 2. The number of rotatable bonds is 7. The Bertz CT molecular complexity index is 1570. The second-order valence-corrected chi connectivity index (χ2v) is 10.0. The standard InChI is InChI=1S/C28H24N6O2S/c35-26(11-19-7-3-6-18-5-1-2-9-23(18)19)33-25-15-34(17-30-25)22-12-21(13-22)31-27(36)24-16-37-28(32-24)20-8-4-10-29-14-20/h1-10,14-17,21-22H,11-13H2,(H,31,36)(H,33,35). The van der Waals surface area contributed by atoms with Gasteiger partial charge in [0, 0.05) is 41.6 Å². The minimum Gasteiger partial charge on any atom is -0.348 e. The quantitative estimate of drug-likeness (QED) is 0.327. The number of imidazole rings is 1. The number of nitrogens with one attached hydrogen (secondary N) is 2. The topological polar surface area (TPSA) is 102 Å². The third kappa shape index (κ3) is 4.99. The van der Waals surface area contributed by atoms with E-state index < -0.39 is 0 Å². The largest absolute Gasteiger partial charge is 0.348 e. The SMILES string of the molecule is O=C(Cc1cccc2ccccc12)Nc1cn(C2CC(NC(=O)c3csc(-c4cccnc4)n3)C2)cn1. The third-order valence-electron chi connectivity index (χ3n) is 6.62. The highest BCUT2D eigenvalue weighted by molar-refractivity contribution is 7.13. The van der Waals surface area contributed by atoms with Crippen LogP contribution in [0.2, 0.25) is 0 Å². The molecule has 1 aliphatic rings. The molecule has 1 aliphatic carbocycles. The van der Waals surface area contributed by atoms with E-state index in [1.165, 1.54) is 11.3 Å². The molecule has 1 fully saturated rings. The normalized spacial score (nSPS) is 16.8. The molecular formula is C28H24N6O2S. The maximum Gasteiger partial charge on any atom is 0.270 e. The van der Waals surface area contributed by atoms with Gasteiger partial charge in [-0.2, -0.15) is 0 Å². The Labute approximate surface area is 217 Å². The van der Waals surface area contributed by atoms with Crippen LogP contribution < -0.4 is 10.6 Å². The molecule has 5 aromatic rings. The van der Waals surface area contributed by atoms with Gasteiger partial charge in [0.15, 0.2) is 5.82 Å². The average molecular weight is 509 g/mol. The van der Waals surface area contributed by atoms with E-state index >= 15 is 0 Å². The Morgan fingerprint density at radius 2 is 1.92 bits per heavy atom. The number of carbonyl (C=O) groups excluding carboxylic acids is 2. The first-order valence-electron chi connectivity index (χ1n) is 12.1. The first-order valence-corrected chi connectivity index (χ1v) is 13.0. The first-order chi connectivity index (χ1) is 18.1. The zero-order valence-electron chi connectivity index (χ0n) is 19.9. The lowest BCUT2D eigenvalue weighted by Crippen LogP contribution is -2.44. The van der Waals surface area contributed by atoms with Crippen molar-refractivity contribution in [2.75, 3.05) is 5.32 Å². The van der Waals surface area contributed by atoms with E-state index in [0.29, 0.717) is 11.5 Å². The molecule has 0 aliphatic heterocycles. The van der Waals surface area contributed by atoms with E-state index in [2.05, 4.69) is 25.6 Å². The molecule has 0 bridgehead atoms. The number of aromatic nitrogens is 4. The summed E-state index contributed by atoms with van der Waals surface area (Å²) in [7, 11) is 0. The molecule has 0 saturated heterocycles. The van der Waals surface area contributed by atoms with Crippen molar-refractivity contribution in [3.05, 3.63) is 96.2 Å². The molecule has 37 heavy (non-hydrogen) atoms. The molecule has 1 saturated carbocycles. The summed E-state index contributed by atoms with van der Waals surface area (Å²) in [5, 5.41) is 10.7. The van der Waals surface area contributed by atoms with E-state index in [-0.39, 0.29) is 30.3 Å². The Morgan fingerprint density at radius 1 is 1.05 bits per heavy atom. The maximum absolute atomic E-state index is 12.7. The van der Waals surface area contributed by atoms with Crippen LogP contribution in [-0.4, -0.2) is 37.4 Å². The predicted octanol–water partition coefficient (Wildman–Crippen LogP) is 4.87. The zero-order valence-corrected chi connectivity index (χ0v) is 20.7. The average Bonchev–Trinajstić information content (AvgIpc) is 3.57. The van der Waals surface area contributed by atoms with Gasteiger partial charge in [0.1, 0.15) is 10.7 Å². The monoisotopic (exact) mass is 508 g/mol. The molecular weight excluding hydrogens is 484 g/mol. The highest BCUT2D eigenvalue weighted by Crippen LogP contribution is 2.33. The molecule has 2 N–H and O–H groups in total. The highest BCUT2D eigenvalue weighted by atomic mass is 32.1. The molecule has 9 heteroatoms. The molecule has 3 heterocycles. The van der Waals surface area contributed by atoms with Gasteiger partial charge in [-0.15, -0.1) is 11.3 Å². The Kier molecular flexibility index (Phi) is 6.20. The third-order valence-corrected chi connectivity index (χ3v) is 7.51. The summed E-state index contributed by atoms with van der Waals surface area (Å²) in [5.74, 6) is 0.263. The number of fused-ring (bicyclic) bond motifs is 1. The summed E-state index contributed by atoms with van der Waals surface area (Å²) in [6.45, 7) is 0. The summed E-state index contributed by atoms with van der Waals surface area (Å²) < 4.78 is 2.00. The minimum absolute atomic E-state index is 0.0767. The van der Waals surface area contributed by atoms with Crippen LogP contribution >= 0.6 is 11.3 Å². The minimum atomic E-state index is -0.165. The van der Waals surface area contributed by atoms with E-state index in [9.17, 15) is 9.59 Å². The Balaban J connectivity index is 1.01. The van der Waals surface area contributed by atoms with Crippen LogP contribution in [0.15, 0.2) is 84.9 Å². The maximum atomic E-state index is 12.7. The van der Waals surface area contributed by atoms with E-state index in [0.717, 1.165) is 39.7 Å². The van der Waals surface area contributed by atoms with Crippen molar-refractivity contribution in [3.63, 3.8) is 0 Å². The lowest BCUT2D eigenvalue weighted by Gasteiger charge is -2.36. The summed E-state index contributed by atoms with van der Waals surface area (Å²) in [6, 6.07) is 18.1. The van der Waals surface area contributed by atoms with Gasteiger partial charge in [0.05, 0.1) is 12.7 Å². The Morgan fingerprint density at radius 3 is 2.78 bits per heavy atom. The van der Waals surface area contributed by atoms with Crippen LogP contribution in [0.3, 0.4) is 0 Å². The second kappa shape index (κ2) is 9.94. The van der Waals surface area contributed by atoms with Crippen molar-refractivity contribution >= 4 is 39.7 Å². The number of nitrogens with zero attached hydrogens (tertiary/aromatic N) is 4. The molecule has 184 valence electrons. The zero-order chi connectivity index (χ0) is 25.2. The highest BCUT2D eigenvalue weighted by Gasteiger charge is 2.32. The number of anilines is 1. The van der Waals surface area contributed by atoms with Gasteiger partial charge in [0.25, 0.3) is 5.91 Å². The summed E-state index contributed by atoms with van der Waals surface area (Å²) >= 11 is 1.43. The number of pyridine rings is 1. The van der Waals surface area contributed by atoms with Crippen molar-refractivity contribution in [2.24, 2.45) is 0 Å². The molecule has 3 aromatic heterocycles. The van der Waals surface area contributed by atoms with Gasteiger partial charge in [-0.25, -0.2) is 9.97 Å². The van der Waals surface area contributed by atoms with Gasteiger partial charge in [-0.05, 0) is 41.3 Å². The molecule has 0 radical (unpaired) electrons. The van der Waals surface area contributed by atoms with Crippen molar-refractivity contribution in [3.8, 4) is 10.6 Å². The van der Waals surface area contributed by atoms with Gasteiger partial charge < -0.3 is 15.2 Å². The summed E-state index contributed by atoms with van der Waals surface area (Å²) in [4.78, 5) is 38.2. The van der Waals surface area contributed by atoms with Crippen LogP contribution in [0.1, 0.15) is 34.9 Å². The van der Waals surface area contributed by atoms with E-state index in [4.69, 9.17) is 0 Å². The number of hydrogen-bond acceptors (Lipinski definition) is 6. The lowest BCUT2D eigenvalue weighted by molar-refractivity contribution is -0.115. The molecule has 6 rings (SSSR count). The van der Waals surface area contributed by atoms with Gasteiger partial charge >= 0.3 is 0 Å². The van der Waals surface area contributed by atoms with Crippen LogP contribution in [0.5, 0.6) is 0 Å². The molecule has 2 amide bonds. The van der Waals surface area contributed by atoms with Crippen molar-refractivity contribution in [2.45, 2.75) is 31.3 Å². The fraction of sp³-hybridized carbons (Fsp3) is 0.179. The van der Waals surface area contributed by atoms with Gasteiger partial charge in [-0.1, -0.05) is 42.5 Å². The van der Waals surface area contributed by atoms with Crippen LogP contribution in [0.4, 0.5) is 5.82 Å². The van der Waals surface area contributed by atoms with Crippen LogP contribution in [0, 0.1) is 0 Å². The Hall–Kier alpha value is -4.37. The lowest BCUT2D eigenvalue weighted by atomic mass is 9.86. The fourth-order valence-electron chi connectivity index (χ4n) is 4.62. The van der Waals surface area contributed by atoms with Crippen LogP contribution in [-0.2, 0) is 11.2 Å². The van der Waals surface area contributed by atoms with Crippen LogP contribution in [0.25, 0.3) is 21.3 Å². The fourth-order valence-corrected chi connectivity index (χ4v) is 5.41. The summed E-state index contributed by atoms with van der Waals surface area (Å²) in [6.07, 6.45) is 8.91. The molecule has 2 aromatic carbocycles. The smallest absolute Gasteiger partial charge is 0.270 e. The van der Waals surface area contributed by atoms with Crippen molar-refractivity contribution in [1.29, 1.82) is 0 Å². The number of amides is 2. The predicted molar refractivity (Wildman–Crippen MR) is 143 cm³/mol. The molecule has 8 nitrogen and oxygen atoms in total. The summed E-state index contributed by atoms with van der Waals surface area (Å²) in [5.41, 5.74) is 2.31. The number of carbonyl (C=O) groups is 2. The first kappa shape index (κ1) is 23.1. The van der Waals surface area contributed by atoms with Gasteiger partial charge in [-0.3, -0.25) is 14.6 Å². The molecule has 0 spiro atoms.